The first kappa shape index (κ1) is 16.9. The first-order valence-corrected chi connectivity index (χ1v) is 9.35. The molecule has 1 aliphatic rings. The number of rotatable bonds is 10. The van der Waals surface area contributed by atoms with Crippen molar-refractivity contribution in [3.05, 3.63) is 0 Å². The molecule has 0 bridgehead atoms. The lowest BCUT2D eigenvalue weighted by Gasteiger charge is -2.29. The van der Waals surface area contributed by atoms with Crippen molar-refractivity contribution in [2.75, 3.05) is 39.5 Å². The maximum Gasteiger partial charge on any atom is 0.500 e. The van der Waals surface area contributed by atoms with E-state index < -0.39 is 8.80 Å². The van der Waals surface area contributed by atoms with Gasteiger partial charge >= 0.3 is 8.80 Å². The first-order chi connectivity index (χ1) is 9.17. The highest BCUT2D eigenvalue weighted by atomic mass is 35.5. The molecule has 19 heavy (non-hydrogen) atoms. The van der Waals surface area contributed by atoms with Crippen LogP contribution in [0.5, 0.6) is 0 Å². The first-order valence-electron chi connectivity index (χ1n) is 7.04. The maximum atomic E-state index is 6.01. The van der Waals surface area contributed by atoms with Crippen LogP contribution in [0.1, 0.15) is 27.2 Å². The van der Waals surface area contributed by atoms with Gasteiger partial charge in [0, 0.05) is 39.0 Å². The van der Waals surface area contributed by atoms with Crippen LogP contribution in [0.2, 0.25) is 6.04 Å². The number of halogens is 1. The van der Waals surface area contributed by atoms with Gasteiger partial charge in [0.1, 0.15) is 0 Å². The molecule has 0 atom stereocenters. The largest absolute Gasteiger partial charge is 0.500 e. The van der Waals surface area contributed by atoms with Gasteiger partial charge in [-0.3, -0.25) is 4.99 Å². The van der Waals surface area contributed by atoms with Crippen molar-refractivity contribution in [1.29, 1.82) is 0 Å². The van der Waals surface area contributed by atoms with E-state index in [9.17, 15) is 0 Å². The Morgan fingerprint density at radius 1 is 1.16 bits per heavy atom. The topological polar surface area (TPSA) is 43.3 Å². The van der Waals surface area contributed by atoms with Crippen LogP contribution in [-0.2, 0) is 13.3 Å². The number of aliphatic imine (C=N–C) groups is 1. The summed E-state index contributed by atoms with van der Waals surface area (Å²) in [6.45, 7) is 10.4. The van der Waals surface area contributed by atoms with Gasteiger partial charge in [0.05, 0.1) is 6.54 Å². The van der Waals surface area contributed by atoms with Gasteiger partial charge in [-0.25, -0.2) is 0 Å². The van der Waals surface area contributed by atoms with Crippen molar-refractivity contribution in [3.63, 3.8) is 0 Å². The Kier molecular flexibility index (Phi) is 7.93. The van der Waals surface area contributed by atoms with Crippen molar-refractivity contribution < 1.29 is 13.3 Å². The third-order valence-electron chi connectivity index (χ3n) is 2.88. The van der Waals surface area contributed by atoms with Crippen LogP contribution < -0.4 is 0 Å². The van der Waals surface area contributed by atoms with E-state index in [4.69, 9.17) is 24.9 Å². The molecule has 5 nitrogen and oxygen atoms in total. The molecule has 1 aliphatic heterocycles. The van der Waals surface area contributed by atoms with Crippen LogP contribution in [0.3, 0.4) is 0 Å². The summed E-state index contributed by atoms with van der Waals surface area (Å²) in [5, 5.41) is 0.622. The Morgan fingerprint density at radius 3 is 2.16 bits per heavy atom. The van der Waals surface area contributed by atoms with Gasteiger partial charge in [-0.05, 0) is 38.8 Å². The van der Waals surface area contributed by atoms with E-state index in [1.807, 2.05) is 20.8 Å². The van der Waals surface area contributed by atoms with Gasteiger partial charge in [-0.15, -0.1) is 0 Å². The maximum absolute atomic E-state index is 6.01. The Bertz CT molecular complexity index is 275. The Balaban J connectivity index is 2.44. The van der Waals surface area contributed by atoms with Gasteiger partial charge in [-0.2, -0.15) is 0 Å². The minimum Gasteiger partial charge on any atom is -0.374 e. The molecule has 0 radical (unpaired) electrons. The molecule has 0 saturated heterocycles. The molecule has 1 rings (SSSR count). The summed E-state index contributed by atoms with van der Waals surface area (Å²) < 4.78 is 17.4. The Hall–Kier alpha value is -0.143. The summed E-state index contributed by atoms with van der Waals surface area (Å²) in [6.07, 6.45) is 0.942. The van der Waals surface area contributed by atoms with Crippen LogP contribution in [0.15, 0.2) is 4.99 Å². The molecule has 1 heterocycles. The van der Waals surface area contributed by atoms with Gasteiger partial charge < -0.3 is 18.2 Å². The fourth-order valence-corrected chi connectivity index (χ4v) is 4.99. The smallest absolute Gasteiger partial charge is 0.374 e. The highest BCUT2D eigenvalue weighted by molar-refractivity contribution is 6.64. The summed E-state index contributed by atoms with van der Waals surface area (Å²) in [6, 6.07) is 0.823. The summed E-state index contributed by atoms with van der Waals surface area (Å²) >= 11 is 6.01. The van der Waals surface area contributed by atoms with Gasteiger partial charge in [0.25, 0.3) is 0 Å². The average Bonchev–Trinajstić information content (AvgIpc) is 2.76. The monoisotopic (exact) mass is 308 g/mol. The van der Waals surface area contributed by atoms with E-state index in [1.165, 1.54) is 0 Å². The molecule has 0 aromatic heterocycles. The Morgan fingerprint density at radius 2 is 1.74 bits per heavy atom. The lowest BCUT2D eigenvalue weighted by molar-refractivity contribution is 0.0704. The van der Waals surface area contributed by atoms with E-state index in [1.54, 1.807) is 0 Å². The highest BCUT2D eigenvalue weighted by Gasteiger charge is 2.39. The van der Waals surface area contributed by atoms with Crippen LogP contribution in [0, 0.1) is 0 Å². The molecule has 0 saturated carbocycles. The minimum atomic E-state index is -2.50. The van der Waals surface area contributed by atoms with Crippen LogP contribution in [0.4, 0.5) is 0 Å². The van der Waals surface area contributed by atoms with Crippen molar-refractivity contribution in [2.24, 2.45) is 4.99 Å². The third kappa shape index (κ3) is 5.39. The predicted octanol–water partition coefficient (Wildman–Crippen LogP) is 2.34. The quantitative estimate of drug-likeness (QED) is 0.459. The molecule has 112 valence electrons. The average molecular weight is 309 g/mol. The van der Waals surface area contributed by atoms with Gasteiger partial charge in [0.2, 0.25) is 0 Å². The number of amidine groups is 1. The molecule has 0 fully saturated rings. The van der Waals surface area contributed by atoms with E-state index in [-0.39, 0.29) is 0 Å². The van der Waals surface area contributed by atoms with E-state index in [0.29, 0.717) is 25.1 Å². The molecule has 0 aliphatic carbocycles. The van der Waals surface area contributed by atoms with Crippen LogP contribution >= 0.6 is 11.6 Å². The highest BCUT2D eigenvalue weighted by Crippen LogP contribution is 2.19. The number of hydrogen-bond acceptors (Lipinski definition) is 5. The van der Waals surface area contributed by atoms with Crippen molar-refractivity contribution >= 4 is 25.7 Å². The van der Waals surface area contributed by atoms with Gasteiger partial charge in [0.15, 0.2) is 5.29 Å². The summed E-state index contributed by atoms with van der Waals surface area (Å²) in [5.74, 6) is 0. The van der Waals surface area contributed by atoms with Crippen LogP contribution in [0.25, 0.3) is 0 Å². The van der Waals surface area contributed by atoms with Crippen molar-refractivity contribution in [2.45, 2.75) is 33.2 Å². The summed E-state index contributed by atoms with van der Waals surface area (Å²) in [5.41, 5.74) is 0. The van der Waals surface area contributed by atoms with Gasteiger partial charge in [-0.1, -0.05) is 0 Å². The SMILES string of the molecule is CCO[Si](CCCN1CCN=C1Cl)(OCC)OCC. The second-order valence-electron chi connectivity index (χ2n) is 4.22. The zero-order chi connectivity index (χ0) is 14.1. The van der Waals surface area contributed by atoms with Crippen molar-refractivity contribution in [1.82, 2.24) is 4.90 Å². The molecule has 0 aromatic rings. The summed E-state index contributed by atoms with van der Waals surface area (Å²) in [7, 11) is -2.50. The molecule has 0 aromatic carbocycles. The lowest BCUT2D eigenvalue weighted by atomic mass is 10.4. The van der Waals surface area contributed by atoms with Crippen molar-refractivity contribution in [3.8, 4) is 0 Å². The molecule has 7 heteroatoms. The number of nitrogens with zero attached hydrogens (tertiary/aromatic N) is 2. The lowest BCUT2D eigenvalue weighted by Crippen LogP contribution is -2.46. The molecule has 0 unspecified atom stereocenters. The molecule has 0 N–H and O–H groups in total. The second-order valence-corrected chi connectivity index (χ2v) is 7.29. The molecular formula is C12H25ClN2O3Si. The minimum absolute atomic E-state index is 0.622. The zero-order valence-electron chi connectivity index (χ0n) is 12.2. The van der Waals surface area contributed by atoms with E-state index >= 15 is 0 Å². The second kappa shape index (κ2) is 8.92. The normalized spacial score (nSPS) is 16.0. The summed E-state index contributed by atoms with van der Waals surface area (Å²) in [4.78, 5) is 6.26. The number of hydrogen-bond donors (Lipinski definition) is 0. The third-order valence-corrected chi connectivity index (χ3v) is 6.39. The van der Waals surface area contributed by atoms with E-state index in [2.05, 4.69) is 9.89 Å². The van der Waals surface area contributed by atoms with Crippen LogP contribution in [-0.4, -0.2) is 58.5 Å². The fourth-order valence-electron chi connectivity index (χ4n) is 2.15. The molecule has 0 amide bonds. The predicted molar refractivity (Wildman–Crippen MR) is 79.8 cm³/mol. The zero-order valence-corrected chi connectivity index (χ0v) is 13.9. The van der Waals surface area contributed by atoms with E-state index in [0.717, 1.165) is 32.1 Å². The molecular weight excluding hydrogens is 284 g/mol. The Labute approximate surface area is 122 Å². The molecule has 0 spiro atoms. The standard InChI is InChI=1S/C12H25ClN2O3Si/c1-4-16-19(17-5-2,18-6-3)11-7-9-15-10-8-14-12(15)13/h4-11H2,1-3H3. The fraction of sp³-hybridized carbons (Fsp3) is 0.917.